The monoisotopic (exact) mass is 252 g/mol. The third-order valence-electron chi connectivity index (χ3n) is 3.31. The number of fused-ring (bicyclic) bond motifs is 1. The van der Waals surface area contributed by atoms with E-state index in [0.717, 1.165) is 27.7 Å². The molecular formula is C15H12N2O2. The number of para-hydroxylation sites is 1. The van der Waals surface area contributed by atoms with Crippen LogP contribution in [0.25, 0.3) is 22.2 Å². The predicted molar refractivity (Wildman–Crippen MR) is 75.1 cm³/mol. The second-order valence-corrected chi connectivity index (χ2v) is 4.48. The number of nitro groups is 1. The number of aromatic amines is 1. The summed E-state index contributed by atoms with van der Waals surface area (Å²) in [5.41, 5.74) is 4.03. The smallest absolute Gasteiger partial charge is 0.270 e. The van der Waals surface area contributed by atoms with Gasteiger partial charge in [0, 0.05) is 34.3 Å². The van der Waals surface area contributed by atoms with Crippen molar-refractivity contribution in [3.63, 3.8) is 0 Å². The number of hydrogen-bond donors (Lipinski definition) is 1. The second-order valence-electron chi connectivity index (χ2n) is 4.48. The third kappa shape index (κ3) is 1.87. The summed E-state index contributed by atoms with van der Waals surface area (Å²) in [6.45, 7) is 2.02. The zero-order chi connectivity index (χ0) is 13.4. The molecule has 4 heteroatoms. The molecule has 0 saturated heterocycles. The van der Waals surface area contributed by atoms with Crippen molar-refractivity contribution < 1.29 is 4.92 Å². The molecule has 0 bridgehead atoms. The van der Waals surface area contributed by atoms with Crippen molar-refractivity contribution >= 4 is 16.6 Å². The van der Waals surface area contributed by atoms with Crippen LogP contribution in [0, 0.1) is 17.0 Å². The first kappa shape index (κ1) is 11.5. The van der Waals surface area contributed by atoms with Crippen molar-refractivity contribution in [2.45, 2.75) is 6.92 Å². The van der Waals surface area contributed by atoms with Crippen LogP contribution in [0.15, 0.2) is 48.5 Å². The minimum absolute atomic E-state index is 0.107. The van der Waals surface area contributed by atoms with E-state index in [0.29, 0.717) is 0 Å². The predicted octanol–water partition coefficient (Wildman–Crippen LogP) is 4.05. The maximum absolute atomic E-state index is 10.8. The van der Waals surface area contributed by atoms with Crippen molar-refractivity contribution in [2.75, 3.05) is 0 Å². The summed E-state index contributed by atoms with van der Waals surface area (Å²) in [4.78, 5) is 13.8. The van der Waals surface area contributed by atoms with Crippen LogP contribution < -0.4 is 0 Å². The Kier molecular flexibility index (Phi) is 2.56. The molecule has 1 heterocycles. The lowest BCUT2D eigenvalue weighted by atomic mass is 10.1. The first-order valence-electron chi connectivity index (χ1n) is 5.99. The Balaban J connectivity index is 2.21. The zero-order valence-corrected chi connectivity index (χ0v) is 10.4. The van der Waals surface area contributed by atoms with Crippen molar-refractivity contribution in [1.29, 1.82) is 0 Å². The molecule has 0 aliphatic carbocycles. The third-order valence-corrected chi connectivity index (χ3v) is 3.31. The van der Waals surface area contributed by atoms with Gasteiger partial charge in [0.15, 0.2) is 0 Å². The minimum atomic E-state index is -0.374. The lowest BCUT2D eigenvalue weighted by Gasteiger charge is -2.00. The maximum Gasteiger partial charge on any atom is 0.270 e. The molecule has 19 heavy (non-hydrogen) atoms. The summed E-state index contributed by atoms with van der Waals surface area (Å²) < 4.78 is 0. The summed E-state index contributed by atoms with van der Waals surface area (Å²) in [5.74, 6) is 0. The number of aromatic nitrogens is 1. The van der Waals surface area contributed by atoms with Crippen LogP contribution in [0.4, 0.5) is 5.69 Å². The quantitative estimate of drug-likeness (QED) is 0.552. The highest BCUT2D eigenvalue weighted by Crippen LogP contribution is 2.30. The molecule has 0 atom stereocenters. The molecule has 3 aromatic rings. The average Bonchev–Trinajstić information content (AvgIpc) is 2.77. The maximum atomic E-state index is 10.8. The lowest BCUT2D eigenvalue weighted by molar-refractivity contribution is -0.384. The number of aryl methyl sites for hydroxylation is 1. The molecule has 4 nitrogen and oxygen atoms in total. The molecule has 0 radical (unpaired) electrons. The van der Waals surface area contributed by atoms with Gasteiger partial charge in [-0.05, 0) is 18.6 Å². The summed E-state index contributed by atoms with van der Waals surface area (Å²) in [6, 6.07) is 14.7. The Morgan fingerprint density at radius 2 is 1.89 bits per heavy atom. The number of nitro benzene ring substituents is 1. The van der Waals surface area contributed by atoms with E-state index in [4.69, 9.17) is 0 Å². The SMILES string of the molecule is Cc1c(-c2cccc([N+](=O)[O-])c2)[nH]c2ccccc12. The van der Waals surface area contributed by atoms with Gasteiger partial charge in [-0.15, -0.1) is 0 Å². The fourth-order valence-corrected chi connectivity index (χ4v) is 2.35. The number of rotatable bonds is 2. The van der Waals surface area contributed by atoms with E-state index in [1.807, 2.05) is 37.3 Å². The Morgan fingerprint density at radius 3 is 2.63 bits per heavy atom. The molecular weight excluding hydrogens is 240 g/mol. The summed E-state index contributed by atoms with van der Waals surface area (Å²) in [6.07, 6.45) is 0. The Morgan fingerprint density at radius 1 is 1.11 bits per heavy atom. The molecule has 3 rings (SSSR count). The first-order chi connectivity index (χ1) is 9.16. The molecule has 1 aromatic heterocycles. The number of nitrogens with zero attached hydrogens (tertiary/aromatic N) is 1. The van der Waals surface area contributed by atoms with Crippen LogP contribution in [0.5, 0.6) is 0 Å². The van der Waals surface area contributed by atoms with Gasteiger partial charge in [-0.25, -0.2) is 0 Å². The highest BCUT2D eigenvalue weighted by Gasteiger charge is 2.12. The van der Waals surface area contributed by atoms with E-state index >= 15 is 0 Å². The van der Waals surface area contributed by atoms with E-state index in [2.05, 4.69) is 4.98 Å². The van der Waals surface area contributed by atoms with E-state index in [1.54, 1.807) is 12.1 Å². The van der Waals surface area contributed by atoms with Gasteiger partial charge >= 0.3 is 0 Å². The van der Waals surface area contributed by atoms with Crippen molar-refractivity contribution in [1.82, 2.24) is 4.98 Å². The number of benzene rings is 2. The van der Waals surface area contributed by atoms with Gasteiger partial charge in [-0.2, -0.15) is 0 Å². The summed E-state index contributed by atoms with van der Waals surface area (Å²) in [7, 11) is 0. The zero-order valence-electron chi connectivity index (χ0n) is 10.4. The largest absolute Gasteiger partial charge is 0.354 e. The van der Waals surface area contributed by atoms with Gasteiger partial charge < -0.3 is 4.98 Å². The first-order valence-corrected chi connectivity index (χ1v) is 5.99. The van der Waals surface area contributed by atoms with Gasteiger partial charge in [0.1, 0.15) is 0 Å². The van der Waals surface area contributed by atoms with E-state index in [9.17, 15) is 10.1 Å². The Labute approximate surface area is 109 Å². The fraction of sp³-hybridized carbons (Fsp3) is 0.0667. The van der Waals surface area contributed by atoms with Crippen LogP contribution in [0.1, 0.15) is 5.56 Å². The van der Waals surface area contributed by atoms with Crippen molar-refractivity contribution in [3.8, 4) is 11.3 Å². The molecule has 0 spiro atoms. The molecule has 0 aliphatic rings. The van der Waals surface area contributed by atoms with Crippen molar-refractivity contribution in [2.24, 2.45) is 0 Å². The van der Waals surface area contributed by atoms with Gasteiger partial charge in [-0.1, -0.05) is 30.3 Å². The van der Waals surface area contributed by atoms with Crippen molar-refractivity contribution in [3.05, 3.63) is 64.2 Å². The molecule has 2 aromatic carbocycles. The highest BCUT2D eigenvalue weighted by atomic mass is 16.6. The van der Waals surface area contributed by atoms with Gasteiger partial charge in [0.05, 0.1) is 4.92 Å². The second kappa shape index (κ2) is 4.24. The fourth-order valence-electron chi connectivity index (χ4n) is 2.35. The summed E-state index contributed by atoms with van der Waals surface area (Å²) in [5, 5.41) is 12.0. The van der Waals surface area contributed by atoms with Gasteiger partial charge in [0.2, 0.25) is 0 Å². The molecule has 0 saturated carbocycles. The van der Waals surface area contributed by atoms with Gasteiger partial charge in [0.25, 0.3) is 5.69 Å². The Bertz CT molecular complexity index is 775. The normalized spacial score (nSPS) is 10.8. The minimum Gasteiger partial charge on any atom is -0.354 e. The van der Waals surface area contributed by atoms with E-state index in [1.165, 1.54) is 6.07 Å². The van der Waals surface area contributed by atoms with Crippen LogP contribution in [-0.4, -0.2) is 9.91 Å². The average molecular weight is 252 g/mol. The molecule has 1 N–H and O–H groups in total. The Hall–Kier alpha value is -2.62. The number of hydrogen-bond acceptors (Lipinski definition) is 2. The molecule has 94 valence electrons. The van der Waals surface area contributed by atoms with Crippen LogP contribution in [-0.2, 0) is 0 Å². The molecule has 0 aliphatic heterocycles. The van der Waals surface area contributed by atoms with Crippen LogP contribution in [0.3, 0.4) is 0 Å². The van der Waals surface area contributed by atoms with Crippen LogP contribution >= 0.6 is 0 Å². The van der Waals surface area contributed by atoms with Crippen LogP contribution in [0.2, 0.25) is 0 Å². The number of nitrogens with one attached hydrogen (secondary N) is 1. The van der Waals surface area contributed by atoms with E-state index < -0.39 is 0 Å². The lowest BCUT2D eigenvalue weighted by Crippen LogP contribution is -1.88. The van der Waals surface area contributed by atoms with E-state index in [-0.39, 0.29) is 10.6 Å². The highest BCUT2D eigenvalue weighted by molar-refractivity contribution is 5.90. The van der Waals surface area contributed by atoms with Gasteiger partial charge in [-0.3, -0.25) is 10.1 Å². The molecule has 0 amide bonds. The number of non-ortho nitro benzene ring substituents is 1. The molecule has 0 unspecified atom stereocenters. The molecule has 0 fully saturated rings. The standard InChI is InChI=1S/C15H12N2O2/c1-10-13-7-2-3-8-14(13)16-15(10)11-5-4-6-12(9-11)17(18)19/h2-9,16H,1H3. The summed E-state index contributed by atoms with van der Waals surface area (Å²) >= 11 is 0. The topological polar surface area (TPSA) is 58.9 Å². The number of H-pyrrole nitrogens is 1.